The summed E-state index contributed by atoms with van der Waals surface area (Å²) in [6, 6.07) is 13.0. The predicted octanol–water partition coefficient (Wildman–Crippen LogP) is 4.70. The van der Waals surface area contributed by atoms with Crippen LogP contribution in [0.2, 0.25) is 0 Å². The van der Waals surface area contributed by atoms with Gasteiger partial charge in [0.1, 0.15) is 0 Å². The summed E-state index contributed by atoms with van der Waals surface area (Å²) in [5, 5.41) is 9.79. The van der Waals surface area contributed by atoms with Gasteiger partial charge in [0.2, 0.25) is 0 Å². The lowest BCUT2D eigenvalue weighted by atomic mass is 9.95. The molecule has 5 nitrogen and oxygen atoms in total. The highest BCUT2D eigenvalue weighted by Crippen LogP contribution is 2.59. The van der Waals surface area contributed by atoms with Crippen molar-refractivity contribution in [1.29, 1.82) is 0 Å². The Hall–Kier alpha value is -1.70. The van der Waals surface area contributed by atoms with Crippen LogP contribution in [0.3, 0.4) is 0 Å². The van der Waals surface area contributed by atoms with Crippen LogP contribution in [0.1, 0.15) is 24.1 Å². The van der Waals surface area contributed by atoms with Crippen LogP contribution >= 0.6 is 27.7 Å². The highest BCUT2D eigenvalue weighted by molar-refractivity contribution is 9.10. The molecular formula is C23H26BrN5S. The van der Waals surface area contributed by atoms with E-state index in [-0.39, 0.29) is 0 Å². The summed E-state index contributed by atoms with van der Waals surface area (Å²) in [5.41, 5.74) is 3.98. The fourth-order valence-corrected chi connectivity index (χ4v) is 5.93. The van der Waals surface area contributed by atoms with Crippen molar-refractivity contribution in [3.8, 4) is 11.4 Å². The fourth-order valence-electron chi connectivity index (χ4n) is 4.83. The molecule has 0 bridgehead atoms. The number of fused-ring (bicyclic) bond motifs is 1. The number of piperidine rings is 1. The average molecular weight is 484 g/mol. The molecule has 0 radical (unpaired) electrons. The lowest BCUT2D eigenvalue weighted by molar-refractivity contribution is 0.299. The van der Waals surface area contributed by atoms with E-state index in [9.17, 15) is 0 Å². The molecule has 0 amide bonds. The minimum atomic E-state index is 0.425. The highest BCUT2D eigenvalue weighted by Gasteiger charge is 2.60. The van der Waals surface area contributed by atoms with E-state index in [4.69, 9.17) is 0 Å². The van der Waals surface area contributed by atoms with Crippen LogP contribution in [0, 0.1) is 12.8 Å². The molecule has 2 aromatic heterocycles. The number of thioether (sulfide) groups is 1. The van der Waals surface area contributed by atoms with Gasteiger partial charge in [-0.3, -0.25) is 4.98 Å². The van der Waals surface area contributed by atoms with Gasteiger partial charge in [-0.2, -0.15) is 0 Å². The first-order chi connectivity index (χ1) is 14.6. The van der Waals surface area contributed by atoms with Crippen molar-refractivity contribution in [1.82, 2.24) is 24.6 Å². The molecule has 2 aliphatic rings. The maximum absolute atomic E-state index is 4.41. The number of nitrogens with zero attached hydrogens (tertiary/aromatic N) is 5. The number of aromatic nitrogens is 4. The van der Waals surface area contributed by atoms with Crippen molar-refractivity contribution in [2.24, 2.45) is 13.0 Å². The Bertz CT molecular complexity index is 1050. The number of halogens is 1. The number of pyridine rings is 1. The Labute approximate surface area is 190 Å². The smallest absolute Gasteiger partial charge is 0.191 e. The standard InChI is InChI=1S/C23H26BrN5S/c1-16-20(5-3-10-25-16)21-26-27-22(28(21)2)30-12-4-11-29-14-18-13-23(18,15-29)17-6-8-19(24)9-7-17/h3,5-10,18H,4,11-15H2,1-2H3/t18-,23+/m0/s1. The summed E-state index contributed by atoms with van der Waals surface area (Å²) in [4.78, 5) is 7.02. The van der Waals surface area contributed by atoms with E-state index in [0.29, 0.717) is 5.41 Å². The van der Waals surface area contributed by atoms with Crippen LogP contribution < -0.4 is 0 Å². The van der Waals surface area contributed by atoms with Crippen LogP contribution in [0.4, 0.5) is 0 Å². The van der Waals surface area contributed by atoms with Crippen molar-refractivity contribution in [3.05, 3.63) is 58.3 Å². The van der Waals surface area contributed by atoms with Gasteiger partial charge in [0, 0.05) is 53.2 Å². The van der Waals surface area contributed by atoms with Crippen molar-refractivity contribution in [2.75, 3.05) is 25.4 Å². The van der Waals surface area contributed by atoms with Crippen molar-refractivity contribution >= 4 is 27.7 Å². The Morgan fingerprint density at radius 2 is 2.03 bits per heavy atom. The molecule has 30 heavy (non-hydrogen) atoms. The molecule has 0 unspecified atom stereocenters. The molecule has 2 atom stereocenters. The number of rotatable bonds is 7. The average Bonchev–Trinajstić information content (AvgIpc) is 3.12. The van der Waals surface area contributed by atoms with Gasteiger partial charge in [-0.15, -0.1) is 10.2 Å². The van der Waals surface area contributed by atoms with E-state index < -0.39 is 0 Å². The van der Waals surface area contributed by atoms with Gasteiger partial charge >= 0.3 is 0 Å². The molecular weight excluding hydrogens is 458 g/mol. The third-order valence-electron chi connectivity index (χ3n) is 6.57. The van der Waals surface area contributed by atoms with E-state index in [0.717, 1.165) is 44.9 Å². The van der Waals surface area contributed by atoms with Crippen molar-refractivity contribution < 1.29 is 0 Å². The Morgan fingerprint density at radius 1 is 1.20 bits per heavy atom. The zero-order chi connectivity index (χ0) is 20.7. The monoisotopic (exact) mass is 483 g/mol. The third-order valence-corrected chi connectivity index (χ3v) is 8.20. The normalized spacial score (nSPS) is 23.0. The molecule has 0 spiro atoms. The van der Waals surface area contributed by atoms with Crippen LogP contribution in [0.25, 0.3) is 11.4 Å². The number of hydrogen-bond acceptors (Lipinski definition) is 5. The van der Waals surface area contributed by atoms with Crippen LogP contribution in [0.5, 0.6) is 0 Å². The van der Waals surface area contributed by atoms with Gasteiger partial charge < -0.3 is 9.47 Å². The summed E-state index contributed by atoms with van der Waals surface area (Å²) < 4.78 is 3.25. The summed E-state index contributed by atoms with van der Waals surface area (Å²) in [7, 11) is 2.04. The van der Waals surface area contributed by atoms with Gasteiger partial charge in [0.15, 0.2) is 11.0 Å². The van der Waals surface area contributed by atoms with Gasteiger partial charge in [-0.05, 0) is 62.1 Å². The summed E-state index contributed by atoms with van der Waals surface area (Å²) in [5.74, 6) is 2.79. The third kappa shape index (κ3) is 3.72. The number of benzene rings is 1. The summed E-state index contributed by atoms with van der Waals surface area (Å²) in [6.45, 7) is 5.63. The minimum absolute atomic E-state index is 0.425. The Balaban J connectivity index is 1.13. The molecule has 3 aromatic rings. The van der Waals surface area contributed by atoms with Gasteiger partial charge in [0.05, 0.1) is 0 Å². The molecule has 1 saturated heterocycles. The first-order valence-corrected chi connectivity index (χ1v) is 12.3. The fraction of sp³-hybridized carbons (Fsp3) is 0.435. The molecule has 3 heterocycles. The van der Waals surface area contributed by atoms with E-state index >= 15 is 0 Å². The lowest BCUT2D eigenvalue weighted by Crippen LogP contribution is -2.27. The molecule has 7 heteroatoms. The zero-order valence-corrected chi connectivity index (χ0v) is 19.8. The van der Waals surface area contributed by atoms with Crippen molar-refractivity contribution in [3.63, 3.8) is 0 Å². The number of hydrogen-bond donors (Lipinski definition) is 0. The zero-order valence-electron chi connectivity index (χ0n) is 17.4. The Kier molecular flexibility index (Phi) is 5.45. The maximum atomic E-state index is 4.41. The summed E-state index contributed by atoms with van der Waals surface area (Å²) >= 11 is 5.35. The van der Waals surface area contributed by atoms with Gasteiger partial charge in [-0.25, -0.2) is 0 Å². The number of aryl methyl sites for hydroxylation is 1. The van der Waals surface area contributed by atoms with Crippen LogP contribution in [-0.2, 0) is 12.5 Å². The second-order valence-corrected chi connectivity index (χ2v) is 10.5. The van der Waals surface area contributed by atoms with E-state index in [1.54, 1.807) is 11.8 Å². The van der Waals surface area contributed by atoms with Crippen LogP contribution in [-0.4, -0.2) is 50.0 Å². The molecule has 1 aromatic carbocycles. The number of likely N-dealkylation sites (tertiary alicyclic amines) is 1. The second-order valence-electron chi connectivity index (χ2n) is 8.50. The molecule has 0 N–H and O–H groups in total. The summed E-state index contributed by atoms with van der Waals surface area (Å²) in [6.07, 6.45) is 4.34. The van der Waals surface area contributed by atoms with E-state index in [1.807, 2.05) is 26.2 Å². The maximum Gasteiger partial charge on any atom is 0.191 e. The topological polar surface area (TPSA) is 46.8 Å². The largest absolute Gasteiger partial charge is 0.305 e. The molecule has 1 aliphatic carbocycles. The molecule has 1 saturated carbocycles. The predicted molar refractivity (Wildman–Crippen MR) is 125 cm³/mol. The van der Waals surface area contributed by atoms with Gasteiger partial charge in [-0.1, -0.05) is 39.8 Å². The Morgan fingerprint density at radius 3 is 2.83 bits per heavy atom. The first-order valence-electron chi connectivity index (χ1n) is 10.5. The van der Waals surface area contributed by atoms with E-state index in [2.05, 4.69) is 70.9 Å². The second kappa shape index (κ2) is 8.09. The first kappa shape index (κ1) is 20.2. The molecule has 1 aliphatic heterocycles. The molecule has 156 valence electrons. The SMILES string of the molecule is Cc1ncccc1-c1nnc(SCCCN2C[C@@H]3C[C@]3(c3ccc(Br)cc3)C2)n1C. The van der Waals surface area contributed by atoms with Gasteiger partial charge in [0.25, 0.3) is 0 Å². The highest BCUT2D eigenvalue weighted by atomic mass is 79.9. The molecule has 2 fully saturated rings. The van der Waals surface area contributed by atoms with Crippen molar-refractivity contribution in [2.45, 2.75) is 30.3 Å². The minimum Gasteiger partial charge on any atom is -0.305 e. The van der Waals surface area contributed by atoms with Crippen LogP contribution in [0.15, 0.2) is 52.2 Å². The quantitative estimate of drug-likeness (QED) is 0.359. The van der Waals surface area contributed by atoms with E-state index in [1.165, 1.54) is 31.5 Å². The molecule has 5 rings (SSSR count). The lowest BCUT2D eigenvalue weighted by Gasteiger charge is -2.21.